The first-order valence-electron chi connectivity index (χ1n) is 3.61. The first kappa shape index (κ1) is 9.43. The molecule has 2 rings (SSSR count). The van der Waals surface area contributed by atoms with Gasteiger partial charge in [-0.05, 0) is 29.8 Å². The maximum atomic E-state index is 13.3. The molecule has 0 spiro atoms. The van der Waals surface area contributed by atoms with Crippen molar-refractivity contribution in [2.45, 2.75) is 0 Å². The second kappa shape index (κ2) is 3.55. The minimum atomic E-state index is -0.530. The molecule has 1 aromatic heterocycles. The van der Waals surface area contributed by atoms with Crippen molar-refractivity contribution in [2.24, 2.45) is 0 Å². The highest BCUT2D eigenvalue weighted by molar-refractivity contribution is 6.30. The van der Waals surface area contributed by atoms with Gasteiger partial charge in [-0.2, -0.15) is 0 Å². The van der Waals surface area contributed by atoms with Gasteiger partial charge in [0.15, 0.2) is 0 Å². The van der Waals surface area contributed by atoms with E-state index in [9.17, 15) is 4.39 Å². The fourth-order valence-electron chi connectivity index (χ4n) is 0.977. The van der Waals surface area contributed by atoms with Crippen LogP contribution in [0.1, 0.15) is 0 Å². The van der Waals surface area contributed by atoms with E-state index in [2.05, 4.69) is 10.2 Å². The quantitative estimate of drug-likeness (QED) is 0.759. The molecule has 0 atom stereocenters. The van der Waals surface area contributed by atoms with Gasteiger partial charge in [-0.3, -0.25) is 0 Å². The molecule has 0 saturated heterocycles. The second-order valence-electron chi connectivity index (χ2n) is 2.48. The Bertz CT molecular complexity index is 472. The van der Waals surface area contributed by atoms with Crippen LogP contribution in [0.5, 0.6) is 0 Å². The Hall–Kier alpha value is -1.13. The topological polar surface area (TPSA) is 38.9 Å². The Balaban J connectivity index is 2.52. The van der Waals surface area contributed by atoms with Crippen LogP contribution in [0.4, 0.5) is 4.39 Å². The molecule has 0 aliphatic heterocycles. The monoisotopic (exact) mass is 232 g/mol. The summed E-state index contributed by atoms with van der Waals surface area (Å²) in [6, 6.07) is 4.13. The van der Waals surface area contributed by atoms with Gasteiger partial charge in [0.2, 0.25) is 0 Å². The number of rotatable bonds is 1. The minimum absolute atomic E-state index is 0.0316. The van der Waals surface area contributed by atoms with E-state index in [-0.39, 0.29) is 16.8 Å². The van der Waals surface area contributed by atoms with Crippen molar-refractivity contribution < 1.29 is 8.81 Å². The highest BCUT2D eigenvalue weighted by Crippen LogP contribution is 2.24. The standard InChI is InChI=1S/C8H3Cl2FN2O/c9-4-1-2-5(6(11)3-4)7-12-13-8(10)14-7/h1-3H. The lowest BCUT2D eigenvalue weighted by molar-refractivity contribution is 0.559. The highest BCUT2D eigenvalue weighted by atomic mass is 35.5. The lowest BCUT2D eigenvalue weighted by Crippen LogP contribution is -1.84. The number of nitrogens with zero attached hydrogens (tertiary/aromatic N) is 2. The number of aromatic nitrogens is 2. The number of hydrogen-bond donors (Lipinski definition) is 0. The maximum absolute atomic E-state index is 13.3. The summed E-state index contributed by atoms with van der Waals surface area (Å²) in [5.41, 5.74) is 0.175. The van der Waals surface area contributed by atoms with Gasteiger partial charge in [0, 0.05) is 5.02 Å². The van der Waals surface area contributed by atoms with Gasteiger partial charge in [-0.15, -0.1) is 5.10 Å². The third-order valence-electron chi connectivity index (χ3n) is 1.56. The zero-order valence-corrected chi connectivity index (χ0v) is 8.18. The van der Waals surface area contributed by atoms with E-state index in [0.29, 0.717) is 5.02 Å². The SMILES string of the molecule is Fc1cc(Cl)ccc1-c1nnc(Cl)o1. The predicted octanol–water partition coefficient (Wildman–Crippen LogP) is 3.18. The summed E-state index contributed by atoms with van der Waals surface area (Å²) >= 11 is 11.0. The molecule has 1 heterocycles. The molecule has 0 bridgehead atoms. The Labute approximate surface area is 88.5 Å². The van der Waals surface area contributed by atoms with Crippen LogP contribution >= 0.6 is 23.2 Å². The molecular weight excluding hydrogens is 230 g/mol. The fraction of sp³-hybridized carbons (Fsp3) is 0. The summed E-state index contributed by atoms with van der Waals surface area (Å²) < 4.78 is 18.1. The Morgan fingerprint density at radius 3 is 2.57 bits per heavy atom. The highest BCUT2D eigenvalue weighted by Gasteiger charge is 2.11. The van der Waals surface area contributed by atoms with Crippen molar-refractivity contribution in [2.75, 3.05) is 0 Å². The molecule has 0 fully saturated rings. The summed E-state index contributed by atoms with van der Waals surface area (Å²) in [6.07, 6.45) is 0. The number of halogens is 3. The molecule has 72 valence electrons. The molecule has 0 N–H and O–H groups in total. The van der Waals surface area contributed by atoms with Gasteiger partial charge in [-0.25, -0.2) is 4.39 Å². The van der Waals surface area contributed by atoms with E-state index >= 15 is 0 Å². The predicted molar refractivity (Wildman–Crippen MR) is 49.7 cm³/mol. The Kier molecular flexibility index (Phi) is 2.39. The summed E-state index contributed by atoms with van der Waals surface area (Å²) in [6.45, 7) is 0. The van der Waals surface area contributed by atoms with Crippen LogP contribution in [0.15, 0.2) is 22.6 Å². The molecule has 0 saturated carbocycles. The van der Waals surface area contributed by atoms with Crippen LogP contribution < -0.4 is 0 Å². The van der Waals surface area contributed by atoms with Crippen molar-refractivity contribution in [3.63, 3.8) is 0 Å². The average Bonchev–Trinajstić information content (AvgIpc) is 2.51. The van der Waals surface area contributed by atoms with Crippen LogP contribution in [0, 0.1) is 5.82 Å². The third kappa shape index (κ3) is 1.71. The van der Waals surface area contributed by atoms with Crippen molar-refractivity contribution >= 4 is 23.2 Å². The van der Waals surface area contributed by atoms with E-state index in [1.54, 1.807) is 0 Å². The van der Waals surface area contributed by atoms with Gasteiger partial charge < -0.3 is 4.42 Å². The Morgan fingerprint density at radius 1 is 1.21 bits per heavy atom. The van der Waals surface area contributed by atoms with Gasteiger partial charge in [0.1, 0.15) is 5.82 Å². The summed E-state index contributed by atoms with van der Waals surface area (Å²) in [5.74, 6) is -0.498. The van der Waals surface area contributed by atoms with Crippen molar-refractivity contribution in [1.29, 1.82) is 0 Å². The van der Waals surface area contributed by atoms with Crippen molar-refractivity contribution in [3.05, 3.63) is 34.4 Å². The molecule has 2 aromatic rings. The van der Waals surface area contributed by atoms with E-state index in [1.165, 1.54) is 12.1 Å². The van der Waals surface area contributed by atoms with Crippen LogP contribution in [0.25, 0.3) is 11.5 Å². The van der Waals surface area contributed by atoms with Crippen LogP contribution in [-0.2, 0) is 0 Å². The van der Waals surface area contributed by atoms with Gasteiger partial charge >= 0.3 is 5.35 Å². The lowest BCUT2D eigenvalue weighted by atomic mass is 10.2. The van der Waals surface area contributed by atoms with E-state index in [4.69, 9.17) is 27.6 Å². The lowest BCUT2D eigenvalue weighted by Gasteiger charge is -1.96. The zero-order valence-electron chi connectivity index (χ0n) is 6.67. The van der Waals surface area contributed by atoms with Crippen molar-refractivity contribution in [3.8, 4) is 11.5 Å². The molecule has 0 unspecified atom stereocenters. The molecule has 14 heavy (non-hydrogen) atoms. The second-order valence-corrected chi connectivity index (χ2v) is 3.24. The Morgan fingerprint density at radius 2 is 2.00 bits per heavy atom. The third-order valence-corrected chi connectivity index (χ3v) is 1.95. The average molecular weight is 233 g/mol. The number of benzene rings is 1. The van der Waals surface area contributed by atoms with Crippen LogP contribution in [0.2, 0.25) is 10.4 Å². The van der Waals surface area contributed by atoms with Crippen LogP contribution in [-0.4, -0.2) is 10.2 Å². The van der Waals surface area contributed by atoms with Gasteiger partial charge in [0.25, 0.3) is 5.89 Å². The fourth-order valence-corrected chi connectivity index (χ4v) is 1.25. The molecule has 3 nitrogen and oxygen atoms in total. The largest absolute Gasteiger partial charge is 0.407 e. The summed E-state index contributed by atoms with van der Waals surface area (Å²) in [5, 5.41) is 7.12. The van der Waals surface area contributed by atoms with Gasteiger partial charge in [-0.1, -0.05) is 16.7 Å². The van der Waals surface area contributed by atoms with E-state index in [1.807, 2.05) is 0 Å². The molecular formula is C8H3Cl2FN2O. The zero-order chi connectivity index (χ0) is 10.1. The molecule has 1 aromatic carbocycles. The first-order valence-corrected chi connectivity index (χ1v) is 4.37. The normalized spacial score (nSPS) is 10.5. The van der Waals surface area contributed by atoms with E-state index in [0.717, 1.165) is 6.07 Å². The molecule has 0 amide bonds. The maximum Gasteiger partial charge on any atom is 0.313 e. The smallest absolute Gasteiger partial charge is 0.313 e. The van der Waals surface area contributed by atoms with Crippen molar-refractivity contribution in [1.82, 2.24) is 10.2 Å². The molecule has 6 heteroatoms. The first-order chi connectivity index (χ1) is 6.66. The summed E-state index contributed by atoms with van der Waals surface area (Å²) in [4.78, 5) is 0. The number of hydrogen-bond acceptors (Lipinski definition) is 3. The summed E-state index contributed by atoms with van der Waals surface area (Å²) in [7, 11) is 0. The van der Waals surface area contributed by atoms with Crippen LogP contribution in [0.3, 0.4) is 0 Å². The van der Waals surface area contributed by atoms with Gasteiger partial charge in [0.05, 0.1) is 5.56 Å². The minimum Gasteiger partial charge on any atom is -0.407 e. The molecule has 0 aliphatic carbocycles. The van der Waals surface area contributed by atoms with E-state index < -0.39 is 5.82 Å². The molecule has 0 radical (unpaired) electrons. The molecule has 0 aliphatic rings.